The van der Waals surface area contributed by atoms with Crippen LogP contribution in [0.15, 0.2) is 72.8 Å². The molecule has 208 valence electrons. The zero-order valence-corrected chi connectivity index (χ0v) is 23.5. The van der Waals surface area contributed by atoms with Gasteiger partial charge in [0, 0.05) is 41.9 Å². The zero-order valence-electron chi connectivity index (χ0n) is 23.5. The maximum Gasteiger partial charge on any atom is 0.268 e. The van der Waals surface area contributed by atoms with Crippen molar-refractivity contribution in [1.29, 1.82) is 0 Å². The van der Waals surface area contributed by atoms with Gasteiger partial charge >= 0.3 is 0 Å². The quantitative estimate of drug-likeness (QED) is 0.274. The van der Waals surface area contributed by atoms with Crippen molar-refractivity contribution in [3.05, 3.63) is 101 Å². The molecule has 0 spiro atoms. The molecule has 2 heterocycles. The molecule has 1 aliphatic heterocycles. The van der Waals surface area contributed by atoms with Gasteiger partial charge in [0.15, 0.2) is 0 Å². The molecule has 1 aliphatic rings. The lowest BCUT2D eigenvalue weighted by Crippen LogP contribution is -2.40. The molecule has 0 bridgehead atoms. The van der Waals surface area contributed by atoms with Crippen molar-refractivity contribution in [2.45, 2.75) is 58.1 Å². The van der Waals surface area contributed by atoms with Crippen molar-refractivity contribution < 1.29 is 18.7 Å². The second-order valence-corrected chi connectivity index (χ2v) is 11.9. The number of nitrogens with one attached hydrogen (secondary N) is 2. The summed E-state index contributed by atoms with van der Waals surface area (Å²) in [7, 11) is 0. The summed E-state index contributed by atoms with van der Waals surface area (Å²) in [5.41, 5.74) is 4.20. The van der Waals surface area contributed by atoms with E-state index in [0.29, 0.717) is 36.6 Å². The van der Waals surface area contributed by atoms with Crippen LogP contribution < -0.4 is 10.6 Å². The molecule has 0 saturated carbocycles. The fourth-order valence-electron chi connectivity index (χ4n) is 5.14. The van der Waals surface area contributed by atoms with E-state index in [1.807, 2.05) is 60.0 Å². The van der Waals surface area contributed by atoms with E-state index in [2.05, 4.69) is 31.4 Å². The van der Waals surface area contributed by atoms with Crippen molar-refractivity contribution in [1.82, 2.24) is 9.88 Å². The summed E-state index contributed by atoms with van der Waals surface area (Å²) in [6.07, 6.45) is 1.88. The third-order valence-corrected chi connectivity index (χ3v) is 7.58. The average molecular weight is 542 g/mol. The van der Waals surface area contributed by atoms with Crippen LogP contribution >= 0.6 is 0 Å². The van der Waals surface area contributed by atoms with Crippen molar-refractivity contribution in [3.63, 3.8) is 0 Å². The number of ether oxygens (including phenoxy) is 1. The number of fused-ring (bicyclic) bond motifs is 1. The number of carbonyl (C=O) groups is 2. The SMILES string of the molecule is CC1(CNC(=O)c2cc3cc(NC(=O)c4ccc(C(C)(C)C)cc4)ccc3n2Cc2ccc(F)cc2)CCCO1. The molecule has 0 aliphatic carbocycles. The van der Waals surface area contributed by atoms with E-state index in [1.165, 1.54) is 12.1 Å². The molecule has 2 amide bonds. The van der Waals surface area contributed by atoms with Gasteiger partial charge < -0.3 is 19.9 Å². The normalized spacial score (nSPS) is 17.2. The lowest BCUT2D eigenvalue weighted by atomic mass is 9.87. The Morgan fingerprint density at radius 3 is 2.35 bits per heavy atom. The van der Waals surface area contributed by atoms with Crippen LogP contribution in [0.2, 0.25) is 0 Å². The second kappa shape index (κ2) is 10.9. The Kier molecular flexibility index (Phi) is 7.51. The van der Waals surface area contributed by atoms with Crippen molar-refractivity contribution in [2.75, 3.05) is 18.5 Å². The van der Waals surface area contributed by atoms with Gasteiger partial charge in [-0.2, -0.15) is 0 Å². The minimum absolute atomic E-state index is 0.00689. The molecule has 1 unspecified atom stereocenters. The van der Waals surface area contributed by atoms with Crippen molar-refractivity contribution >= 4 is 28.4 Å². The monoisotopic (exact) mass is 541 g/mol. The second-order valence-electron chi connectivity index (χ2n) is 11.9. The Balaban J connectivity index is 1.41. The Labute approximate surface area is 234 Å². The summed E-state index contributed by atoms with van der Waals surface area (Å²) in [5, 5.41) is 6.85. The number of carbonyl (C=O) groups excluding carboxylic acids is 2. The van der Waals surface area contributed by atoms with Gasteiger partial charge in [0.25, 0.3) is 11.8 Å². The molecule has 2 N–H and O–H groups in total. The Morgan fingerprint density at radius 1 is 0.975 bits per heavy atom. The molecule has 1 fully saturated rings. The predicted octanol–water partition coefficient (Wildman–Crippen LogP) is 6.68. The largest absolute Gasteiger partial charge is 0.373 e. The van der Waals surface area contributed by atoms with Crippen LogP contribution in [0.4, 0.5) is 10.1 Å². The fourth-order valence-corrected chi connectivity index (χ4v) is 5.14. The van der Waals surface area contributed by atoms with Crippen LogP contribution in [-0.2, 0) is 16.7 Å². The maximum atomic E-state index is 13.5. The topological polar surface area (TPSA) is 72.4 Å². The van der Waals surface area contributed by atoms with Crippen molar-refractivity contribution in [2.24, 2.45) is 0 Å². The van der Waals surface area contributed by atoms with Gasteiger partial charge in [0.1, 0.15) is 11.5 Å². The Bertz CT molecular complexity index is 1530. The summed E-state index contributed by atoms with van der Waals surface area (Å²) in [6.45, 7) is 9.93. The molecule has 4 aromatic rings. The van der Waals surface area contributed by atoms with Gasteiger partial charge in [-0.25, -0.2) is 4.39 Å². The van der Waals surface area contributed by atoms with Crippen LogP contribution in [0.1, 0.15) is 72.5 Å². The number of amides is 2. The summed E-state index contributed by atoms with van der Waals surface area (Å²) in [5.74, 6) is -0.717. The highest BCUT2D eigenvalue weighted by Crippen LogP contribution is 2.28. The number of hydrogen-bond acceptors (Lipinski definition) is 3. The summed E-state index contributed by atoms with van der Waals surface area (Å²) < 4.78 is 21.3. The van der Waals surface area contributed by atoms with Gasteiger partial charge in [0.2, 0.25) is 0 Å². The molecule has 0 radical (unpaired) electrons. The van der Waals surface area contributed by atoms with E-state index in [1.54, 1.807) is 12.1 Å². The first-order valence-corrected chi connectivity index (χ1v) is 13.7. The van der Waals surface area contributed by atoms with E-state index in [-0.39, 0.29) is 28.6 Å². The van der Waals surface area contributed by atoms with Gasteiger partial charge in [-0.3, -0.25) is 9.59 Å². The molecule has 5 rings (SSSR count). The zero-order chi connectivity index (χ0) is 28.5. The highest BCUT2D eigenvalue weighted by atomic mass is 19.1. The highest BCUT2D eigenvalue weighted by molar-refractivity contribution is 6.06. The first-order valence-electron chi connectivity index (χ1n) is 13.7. The summed E-state index contributed by atoms with van der Waals surface area (Å²) in [6, 6.07) is 21.3. The van der Waals surface area contributed by atoms with E-state index < -0.39 is 0 Å². The fraction of sp³-hybridized carbons (Fsp3) is 0.333. The lowest BCUT2D eigenvalue weighted by molar-refractivity contribution is 0.0205. The van der Waals surface area contributed by atoms with E-state index in [9.17, 15) is 14.0 Å². The third kappa shape index (κ3) is 6.10. The molecule has 3 aromatic carbocycles. The van der Waals surface area contributed by atoms with Crippen LogP contribution in [0.3, 0.4) is 0 Å². The minimum atomic E-state index is -0.369. The van der Waals surface area contributed by atoms with E-state index in [0.717, 1.165) is 34.9 Å². The molecule has 40 heavy (non-hydrogen) atoms. The molecule has 1 atom stereocenters. The number of aromatic nitrogens is 1. The van der Waals surface area contributed by atoms with Gasteiger partial charge in [-0.05, 0) is 84.8 Å². The van der Waals surface area contributed by atoms with Gasteiger partial charge in [0.05, 0.1) is 5.60 Å². The predicted molar refractivity (Wildman–Crippen MR) is 156 cm³/mol. The first kappa shape index (κ1) is 27.6. The summed E-state index contributed by atoms with van der Waals surface area (Å²) >= 11 is 0. The molecule has 7 heteroatoms. The Hall–Kier alpha value is -3.97. The minimum Gasteiger partial charge on any atom is -0.373 e. The maximum absolute atomic E-state index is 13.5. The number of rotatable bonds is 7. The first-order chi connectivity index (χ1) is 19.0. The standard InChI is InChI=1S/C33H36FN3O3/c1-32(2,3)25-10-8-23(9-11-25)30(38)36-27-14-15-28-24(18-27)19-29(31(39)35-21-33(4)16-5-17-40-33)37(28)20-22-6-12-26(34)13-7-22/h6-15,18-19H,5,16-17,20-21H2,1-4H3,(H,35,39)(H,36,38). The molecule has 6 nitrogen and oxygen atoms in total. The molecular formula is C33H36FN3O3. The lowest BCUT2D eigenvalue weighted by Gasteiger charge is -2.23. The smallest absolute Gasteiger partial charge is 0.268 e. The highest BCUT2D eigenvalue weighted by Gasteiger charge is 2.30. The Morgan fingerprint density at radius 2 is 1.70 bits per heavy atom. The van der Waals surface area contributed by atoms with Crippen LogP contribution in [0, 0.1) is 5.82 Å². The van der Waals surface area contributed by atoms with Crippen molar-refractivity contribution in [3.8, 4) is 0 Å². The number of hydrogen-bond donors (Lipinski definition) is 2. The summed E-state index contributed by atoms with van der Waals surface area (Å²) in [4.78, 5) is 26.4. The number of halogens is 1. The average Bonchev–Trinajstić information content (AvgIpc) is 3.52. The molecular weight excluding hydrogens is 505 g/mol. The molecule has 1 aromatic heterocycles. The third-order valence-electron chi connectivity index (χ3n) is 7.58. The number of benzene rings is 3. The van der Waals surface area contributed by atoms with Crippen LogP contribution in [-0.4, -0.2) is 35.1 Å². The van der Waals surface area contributed by atoms with E-state index in [4.69, 9.17) is 4.74 Å². The number of anilines is 1. The number of nitrogens with zero attached hydrogens (tertiary/aromatic N) is 1. The van der Waals surface area contributed by atoms with Crippen LogP contribution in [0.5, 0.6) is 0 Å². The molecule has 1 saturated heterocycles. The van der Waals surface area contributed by atoms with Gasteiger partial charge in [-0.1, -0.05) is 45.0 Å². The van der Waals surface area contributed by atoms with Crippen LogP contribution in [0.25, 0.3) is 10.9 Å². The van der Waals surface area contributed by atoms with E-state index >= 15 is 0 Å². The van der Waals surface area contributed by atoms with Gasteiger partial charge in [-0.15, -0.1) is 0 Å².